The van der Waals surface area contributed by atoms with E-state index in [9.17, 15) is 4.79 Å². The first-order valence-corrected chi connectivity index (χ1v) is 9.77. The molecule has 1 aromatic carbocycles. The number of nitrogens with one attached hydrogen (secondary N) is 1. The number of aryl methyl sites for hydroxylation is 2. The molecule has 0 unspecified atom stereocenters. The summed E-state index contributed by atoms with van der Waals surface area (Å²) in [6.07, 6.45) is 4.17. The maximum absolute atomic E-state index is 12.4. The molecule has 1 aliphatic rings. The Hall–Kier alpha value is -2.57. The Morgan fingerprint density at radius 3 is 2.86 bits per heavy atom. The van der Waals surface area contributed by atoms with Crippen LogP contribution in [0.25, 0.3) is 11.3 Å². The maximum Gasteiger partial charge on any atom is 0.287 e. The SMILES string of the molecule is Cc1c(C(=O)NCCCO)oc2c1-c1nn(Cc3ccc(Cl)cc3)cc1CC2. The van der Waals surface area contributed by atoms with Crippen LogP contribution in [-0.2, 0) is 19.4 Å². The van der Waals surface area contributed by atoms with E-state index in [0.717, 1.165) is 46.5 Å². The average Bonchev–Trinajstić information content (AvgIpc) is 3.24. The normalized spacial score (nSPS) is 12.5. The van der Waals surface area contributed by atoms with Gasteiger partial charge in [-0.25, -0.2) is 0 Å². The van der Waals surface area contributed by atoms with Crippen LogP contribution in [0.1, 0.15) is 39.4 Å². The lowest BCUT2D eigenvalue weighted by atomic mass is 9.93. The van der Waals surface area contributed by atoms with E-state index in [0.29, 0.717) is 30.3 Å². The smallest absolute Gasteiger partial charge is 0.287 e. The van der Waals surface area contributed by atoms with Gasteiger partial charge in [-0.1, -0.05) is 23.7 Å². The topological polar surface area (TPSA) is 80.3 Å². The first-order valence-electron chi connectivity index (χ1n) is 9.39. The predicted octanol–water partition coefficient (Wildman–Crippen LogP) is 3.36. The van der Waals surface area contributed by atoms with Crippen LogP contribution in [0.3, 0.4) is 0 Å². The standard InChI is InChI=1S/C21H22ClN3O3/c1-13-18-17(28-20(13)21(27)23-9-2-10-26)8-5-15-12-25(24-19(15)18)11-14-3-6-16(22)7-4-14/h3-4,6-7,12,26H,2,5,8-11H2,1H3,(H,23,27). The first kappa shape index (κ1) is 18.8. The fourth-order valence-corrected chi connectivity index (χ4v) is 3.73. The van der Waals surface area contributed by atoms with Gasteiger partial charge in [-0.05, 0) is 43.0 Å². The van der Waals surface area contributed by atoms with Gasteiger partial charge >= 0.3 is 0 Å². The first-order chi connectivity index (χ1) is 13.6. The van der Waals surface area contributed by atoms with E-state index in [4.69, 9.17) is 26.2 Å². The second-order valence-electron chi connectivity index (χ2n) is 7.01. The molecular formula is C21H22ClN3O3. The second kappa shape index (κ2) is 7.81. The molecule has 0 saturated heterocycles. The van der Waals surface area contributed by atoms with Crippen LogP contribution < -0.4 is 5.32 Å². The number of hydrogen-bond donors (Lipinski definition) is 2. The van der Waals surface area contributed by atoms with Crippen molar-refractivity contribution >= 4 is 17.5 Å². The van der Waals surface area contributed by atoms with Crippen LogP contribution in [0.2, 0.25) is 5.02 Å². The second-order valence-corrected chi connectivity index (χ2v) is 7.45. The van der Waals surface area contributed by atoms with Gasteiger partial charge in [0.1, 0.15) is 5.76 Å². The van der Waals surface area contributed by atoms with E-state index in [1.165, 1.54) is 0 Å². The van der Waals surface area contributed by atoms with Crippen molar-refractivity contribution in [2.45, 2.75) is 32.7 Å². The molecule has 146 valence electrons. The van der Waals surface area contributed by atoms with Crippen molar-refractivity contribution < 1.29 is 14.3 Å². The predicted molar refractivity (Wildman–Crippen MR) is 107 cm³/mol. The van der Waals surface area contributed by atoms with Gasteiger partial charge in [-0.15, -0.1) is 0 Å². The van der Waals surface area contributed by atoms with E-state index >= 15 is 0 Å². The maximum atomic E-state index is 12.4. The van der Waals surface area contributed by atoms with Crippen LogP contribution in [0.15, 0.2) is 34.9 Å². The molecule has 0 radical (unpaired) electrons. The Kier molecular flexibility index (Phi) is 5.24. The Morgan fingerprint density at radius 2 is 2.11 bits per heavy atom. The third-order valence-electron chi connectivity index (χ3n) is 5.00. The highest BCUT2D eigenvalue weighted by molar-refractivity contribution is 6.30. The van der Waals surface area contributed by atoms with Crippen molar-refractivity contribution in [3.05, 3.63) is 63.7 Å². The lowest BCUT2D eigenvalue weighted by Crippen LogP contribution is -2.25. The van der Waals surface area contributed by atoms with Gasteiger partial charge in [0.05, 0.1) is 12.2 Å². The number of amides is 1. The molecule has 3 aromatic rings. The number of aromatic nitrogens is 2. The molecule has 0 spiro atoms. The number of carbonyl (C=O) groups excluding carboxylic acids is 1. The molecule has 1 aliphatic carbocycles. The monoisotopic (exact) mass is 399 g/mol. The molecule has 7 heteroatoms. The summed E-state index contributed by atoms with van der Waals surface area (Å²) in [5.41, 5.74) is 4.93. The van der Waals surface area contributed by atoms with Crippen LogP contribution >= 0.6 is 11.6 Å². The minimum Gasteiger partial charge on any atom is -0.455 e. The third kappa shape index (κ3) is 3.57. The Morgan fingerprint density at radius 1 is 1.32 bits per heavy atom. The fraction of sp³-hybridized carbons (Fsp3) is 0.333. The zero-order valence-corrected chi connectivity index (χ0v) is 16.4. The lowest BCUT2D eigenvalue weighted by molar-refractivity contribution is 0.0921. The number of rotatable bonds is 6. The van der Waals surface area contributed by atoms with E-state index in [1.54, 1.807) is 0 Å². The summed E-state index contributed by atoms with van der Waals surface area (Å²) in [6.45, 7) is 3.02. The van der Waals surface area contributed by atoms with Gasteiger partial charge in [-0.2, -0.15) is 5.10 Å². The van der Waals surface area contributed by atoms with Crippen molar-refractivity contribution in [2.75, 3.05) is 13.2 Å². The van der Waals surface area contributed by atoms with Crippen molar-refractivity contribution in [1.82, 2.24) is 15.1 Å². The van der Waals surface area contributed by atoms with Crippen molar-refractivity contribution in [3.8, 4) is 11.3 Å². The number of carbonyl (C=O) groups is 1. The molecule has 0 bridgehead atoms. The number of benzene rings is 1. The number of hydrogen-bond acceptors (Lipinski definition) is 4. The molecule has 2 heterocycles. The van der Waals surface area contributed by atoms with Crippen LogP contribution in [-0.4, -0.2) is 33.9 Å². The van der Waals surface area contributed by atoms with Crippen molar-refractivity contribution in [1.29, 1.82) is 0 Å². The van der Waals surface area contributed by atoms with Gasteiger partial charge in [0, 0.05) is 41.9 Å². The molecule has 0 saturated carbocycles. The number of aliphatic hydroxyl groups is 1. The molecule has 28 heavy (non-hydrogen) atoms. The molecule has 2 N–H and O–H groups in total. The van der Waals surface area contributed by atoms with E-state index < -0.39 is 0 Å². The summed E-state index contributed by atoms with van der Waals surface area (Å²) in [7, 11) is 0. The third-order valence-corrected chi connectivity index (χ3v) is 5.25. The van der Waals surface area contributed by atoms with Gasteiger partial charge in [-0.3, -0.25) is 9.48 Å². The summed E-state index contributed by atoms with van der Waals surface area (Å²) < 4.78 is 7.82. The summed E-state index contributed by atoms with van der Waals surface area (Å²) in [5.74, 6) is 0.902. The Balaban J connectivity index is 1.61. The van der Waals surface area contributed by atoms with Gasteiger partial charge in [0.15, 0.2) is 5.76 Å². The minimum absolute atomic E-state index is 0.0440. The molecule has 4 rings (SSSR count). The number of nitrogens with zero attached hydrogens (tertiary/aromatic N) is 2. The van der Waals surface area contributed by atoms with Crippen LogP contribution in [0.4, 0.5) is 0 Å². The zero-order chi connectivity index (χ0) is 19.7. The minimum atomic E-state index is -0.248. The summed E-state index contributed by atoms with van der Waals surface area (Å²) in [5, 5.41) is 17.2. The van der Waals surface area contributed by atoms with E-state index in [2.05, 4.69) is 11.5 Å². The quantitative estimate of drug-likeness (QED) is 0.623. The van der Waals surface area contributed by atoms with E-state index in [1.807, 2.05) is 35.9 Å². The summed E-state index contributed by atoms with van der Waals surface area (Å²) in [4.78, 5) is 12.4. The lowest BCUT2D eigenvalue weighted by Gasteiger charge is -2.09. The van der Waals surface area contributed by atoms with E-state index in [-0.39, 0.29) is 12.5 Å². The number of furan rings is 1. The highest BCUT2D eigenvalue weighted by atomic mass is 35.5. The number of fused-ring (bicyclic) bond motifs is 3. The molecule has 2 aromatic heterocycles. The van der Waals surface area contributed by atoms with Crippen molar-refractivity contribution in [2.24, 2.45) is 0 Å². The molecule has 6 nitrogen and oxygen atoms in total. The number of aliphatic hydroxyl groups excluding tert-OH is 1. The van der Waals surface area contributed by atoms with Gasteiger partial charge in [0.2, 0.25) is 0 Å². The Labute approximate surface area is 168 Å². The molecule has 0 atom stereocenters. The zero-order valence-electron chi connectivity index (χ0n) is 15.7. The van der Waals surface area contributed by atoms with Gasteiger partial charge in [0.25, 0.3) is 5.91 Å². The molecule has 0 fully saturated rings. The van der Waals surface area contributed by atoms with Crippen molar-refractivity contribution in [3.63, 3.8) is 0 Å². The van der Waals surface area contributed by atoms with Gasteiger partial charge < -0.3 is 14.8 Å². The molecule has 0 aliphatic heterocycles. The Bertz CT molecular complexity index is 1000. The molecular weight excluding hydrogens is 378 g/mol. The summed E-state index contributed by atoms with van der Waals surface area (Å²) >= 11 is 5.96. The highest BCUT2D eigenvalue weighted by Crippen LogP contribution is 2.38. The number of halogens is 1. The van der Waals surface area contributed by atoms with Crippen LogP contribution in [0, 0.1) is 6.92 Å². The summed E-state index contributed by atoms with van der Waals surface area (Å²) in [6, 6.07) is 7.74. The molecule has 1 amide bonds. The average molecular weight is 400 g/mol. The largest absolute Gasteiger partial charge is 0.455 e. The van der Waals surface area contributed by atoms with Crippen LogP contribution in [0.5, 0.6) is 0 Å². The fourth-order valence-electron chi connectivity index (χ4n) is 3.60. The highest BCUT2D eigenvalue weighted by Gasteiger charge is 2.29.